The smallest absolute Gasteiger partial charge is 0.261 e. The molecule has 2 aliphatic rings. The fourth-order valence-corrected chi connectivity index (χ4v) is 3.23. The van der Waals surface area contributed by atoms with E-state index in [1.807, 2.05) is 17.0 Å². The number of fused-ring (bicyclic) bond motifs is 1. The van der Waals surface area contributed by atoms with E-state index in [4.69, 9.17) is 9.15 Å². The second-order valence-electron chi connectivity index (χ2n) is 6.15. The van der Waals surface area contributed by atoms with Crippen LogP contribution in [0.25, 0.3) is 0 Å². The van der Waals surface area contributed by atoms with Crippen LogP contribution in [0, 0.1) is 0 Å². The number of ether oxygens (including phenoxy) is 1. The predicted octanol–water partition coefficient (Wildman–Crippen LogP) is 3.59. The third-order valence-electron chi connectivity index (χ3n) is 4.54. The topological polar surface area (TPSA) is 54.7 Å². The lowest BCUT2D eigenvalue weighted by atomic mass is 10.1. The normalized spacial score (nSPS) is 19.0. The van der Waals surface area contributed by atoms with Gasteiger partial charge in [-0.2, -0.15) is 0 Å². The molecule has 2 aliphatic heterocycles. The van der Waals surface area contributed by atoms with Crippen molar-refractivity contribution < 1.29 is 13.9 Å². The van der Waals surface area contributed by atoms with Gasteiger partial charge in [-0.1, -0.05) is 0 Å². The zero-order chi connectivity index (χ0) is 16.4. The molecule has 1 N–H and O–H groups in total. The number of nitrogens with zero attached hydrogens (tertiary/aromatic N) is 1. The summed E-state index contributed by atoms with van der Waals surface area (Å²) in [7, 11) is 0. The van der Waals surface area contributed by atoms with Crippen molar-refractivity contribution in [3.63, 3.8) is 0 Å². The van der Waals surface area contributed by atoms with Crippen molar-refractivity contribution in [3.05, 3.63) is 60.3 Å². The van der Waals surface area contributed by atoms with Gasteiger partial charge < -0.3 is 19.4 Å². The average Bonchev–Trinajstić information content (AvgIpc) is 3.30. The molecule has 24 heavy (non-hydrogen) atoms. The van der Waals surface area contributed by atoms with Gasteiger partial charge in [-0.3, -0.25) is 4.79 Å². The number of furan rings is 1. The van der Waals surface area contributed by atoms with Crippen molar-refractivity contribution in [2.45, 2.75) is 25.4 Å². The molecule has 124 valence electrons. The number of carbonyl (C=O) groups is 1. The van der Waals surface area contributed by atoms with Gasteiger partial charge in [-0.15, -0.1) is 0 Å². The predicted molar refractivity (Wildman–Crippen MR) is 92.3 cm³/mol. The molecule has 1 aromatic heterocycles. The molecule has 5 heteroatoms. The van der Waals surface area contributed by atoms with E-state index in [1.165, 1.54) is 18.1 Å². The Morgan fingerprint density at radius 1 is 1.33 bits per heavy atom. The first-order chi connectivity index (χ1) is 11.8. The summed E-state index contributed by atoms with van der Waals surface area (Å²) in [5, 5.41) is 3.44. The summed E-state index contributed by atoms with van der Waals surface area (Å²) in [4.78, 5) is 14.3. The van der Waals surface area contributed by atoms with Gasteiger partial charge in [-0.05, 0) is 55.2 Å². The van der Waals surface area contributed by atoms with Crippen LogP contribution in [0.4, 0.5) is 11.4 Å². The van der Waals surface area contributed by atoms with E-state index in [9.17, 15) is 4.79 Å². The summed E-state index contributed by atoms with van der Waals surface area (Å²) in [6.45, 7) is 1.50. The van der Waals surface area contributed by atoms with Gasteiger partial charge in [0.15, 0.2) is 0 Å². The number of anilines is 2. The molecule has 0 aliphatic carbocycles. The van der Waals surface area contributed by atoms with Gasteiger partial charge in [0, 0.05) is 17.9 Å². The van der Waals surface area contributed by atoms with Crippen LogP contribution >= 0.6 is 0 Å². The first-order valence-corrected chi connectivity index (χ1v) is 8.32. The standard InChI is InChI=1S/C19H20N2O3/c22-19(15-7-10-23-13-15)21-8-6-14-11-16(4-5-18(14)21)20-12-17-3-1-2-9-24-17/h2,4-5,7,9-11,13,17,20H,1,3,6,8,12H2. The number of hydrogen-bond donors (Lipinski definition) is 1. The Morgan fingerprint density at radius 3 is 3.08 bits per heavy atom. The van der Waals surface area contributed by atoms with Crippen LogP contribution in [0.5, 0.6) is 0 Å². The van der Waals surface area contributed by atoms with E-state index in [0.29, 0.717) is 12.1 Å². The Hall–Kier alpha value is -2.69. The molecule has 0 saturated carbocycles. The average molecular weight is 324 g/mol. The molecule has 1 atom stereocenters. The van der Waals surface area contributed by atoms with E-state index in [0.717, 1.165) is 37.2 Å². The molecule has 1 amide bonds. The van der Waals surface area contributed by atoms with Crippen LogP contribution in [0.2, 0.25) is 0 Å². The fourth-order valence-electron chi connectivity index (χ4n) is 3.23. The Kier molecular flexibility index (Phi) is 3.99. The highest BCUT2D eigenvalue weighted by atomic mass is 16.5. The molecular formula is C19H20N2O3. The second-order valence-corrected chi connectivity index (χ2v) is 6.15. The van der Waals surface area contributed by atoms with Crippen molar-refractivity contribution in [1.82, 2.24) is 0 Å². The molecular weight excluding hydrogens is 304 g/mol. The molecule has 5 nitrogen and oxygen atoms in total. The van der Waals surface area contributed by atoms with E-state index in [1.54, 1.807) is 12.3 Å². The van der Waals surface area contributed by atoms with Crippen molar-refractivity contribution >= 4 is 17.3 Å². The minimum absolute atomic E-state index is 0.00870. The van der Waals surface area contributed by atoms with Gasteiger partial charge in [0.05, 0.1) is 24.6 Å². The second kappa shape index (κ2) is 6.43. The number of rotatable bonds is 4. The van der Waals surface area contributed by atoms with E-state index in [-0.39, 0.29) is 12.0 Å². The van der Waals surface area contributed by atoms with Gasteiger partial charge in [0.25, 0.3) is 5.91 Å². The third kappa shape index (κ3) is 2.89. The number of hydrogen-bond acceptors (Lipinski definition) is 4. The van der Waals surface area contributed by atoms with Crippen LogP contribution in [0.15, 0.2) is 53.5 Å². The summed E-state index contributed by atoms with van der Waals surface area (Å²) in [5.74, 6) is -0.00870. The van der Waals surface area contributed by atoms with Crippen LogP contribution < -0.4 is 10.2 Å². The largest absolute Gasteiger partial charge is 0.497 e. The number of benzene rings is 1. The van der Waals surface area contributed by atoms with Gasteiger partial charge in [0.2, 0.25) is 0 Å². The maximum Gasteiger partial charge on any atom is 0.261 e. The lowest BCUT2D eigenvalue weighted by Crippen LogP contribution is -2.28. The van der Waals surface area contributed by atoms with Crippen LogP contribution in [0.3, 0.4) is 0 Å². The van der Waals surface area contributed by atoms with Gasteiger partial charge in [0.1, 0.15) is 12.4 Å². The zero-order valence-electron chi connectivity index (χ0n) is 13.4. The number of amides is 1. The molecule has 2 aromatic rings. The van der Waals surface area contributed by atoms with Crippen molar-refractivity contribution in [1.29, 1.82) is 0 Å². The molecule has 0 bridgehead atoms. The molecule has 1 unspecified atom stereocenters. The van der Waals surface area contributed by atoms with E-state index >= 15 is 0 Å². The minimum Gasteiger partial charge on any atom is -0.497 e. The Labute approximate surface area is 140 Å². The van der Waals surface area contributed by atoms with Crippen molar-refractivity contribution in [3.8, 4) is 0 Å². The Balaban J connectivity index is 1.44. The fraction of sp³-hybridized carbons (Fsp3) is 0.316. The highest BCUT2D eigenvalue weighted by Crippen LogP contribution is 2.31. The summed E-state index contributed by atoms with van der Waals surface area (Å²) < 4.78 is 10.6. The first kappa shape index (κ1) is 14.9. The number of nitrogens with one attached hydrogen (secondary N) is 1. The number of allylic oxidation sites excluding steroid dienone is 1. The minimum atomic E-state index is -0.00870. The molecule has 0 radical (unpaired) electrons. The first-order valence-electron chi connectivity index (χ1n) is 8.32. The maximum atomic E-state index is 12.5. The highest BCUT2D eigenvalue weighted by molar-refractivity contribution is 6.07. The summed E-state index contributed by atoms with van der Waals surface area (Å²) in [5.41, 5.74) is 3.85. The Bertz CT molecular complexity index is 752. The third-order valence-corrected chi connectivity index (χ3v) is 4.54. The molecule has 0 spiro atoms. The van der Waals surface area contributed by atoms with E-state index < -0.39 is 0 Å². The summed E-state index contributed by atoms with van der Waals surface area (Å²) >= 11 is 0. The molecule has 1 aromatic carbocycles. The van der Waals surface area contributed by atoms with Crippen LogP contribution in [-0.4, -0.2) is 25.1 Å². The van der Waals surface area contributed by atoms with Crippen LogP contribution in [0.1, 0.15) is 28.8 Å². The van der Waals surface area contributed by atoms with Gasteiger partial charge >= 0.3 is 0 Å². The zero-order valence-corrected chi connectivity index (χ0v) is 13.4. The molecule has 3 heterocycles. The number of carbonyl (C=O) groups excluding carboxylic acids is 1. The SMILES string of the molecule is O=C(c1ccoc1)N1CCc2cc(NCC3CCC=CO3)ccc21. The van der Waals surface area contributed by atoms with E-state index in [2.05, 4.69) is 17.5 Å². The summed E-state index contributed by atoms with van der Waals surface area (Å²) in [6.07, 6.45) is 10.1. The monoisotopic (exact) mass is 324 g/mol. The maximum absolute atomic E-state index is 12.5. The van der Waals surface area contributed by atoms with Crippen molar-refractivity contribution in [2.24, 2.45) is 0 Å². The van der Waals surface area contributed by atoms with Crippen molar-refractivity contribution in [2.75, 3.05) is 23.3 Å². The Morgan fingerprint density at radius 2 is 2.29 bits per heavy atom. The lowest BCUT2D eigenvalue weighted by molar-refractivity contribution is 0.0989. The lowest BCUT2D eigenvalue weighted by Gasteiger charge is -2.21. The molecule has 0 saturated heterocycles. The highest BCUT2D eigenvalue weighted by Gasteiger charge is 2.26. The molecule has 4 rings (SSSR count). The van der Waals surface area contributed by atoms with Crippen LogP contribution in [-0.2, 0) is 11.2 Å². The van der Waals surface area contributed by atoms with Gasteiger partial charge in [-0.25, -0.2) is 0 Å². The summed E-state index contributed by atoms with van der Waals surface area (Å²) in [6, 6.07) is 7.88. The quantitative estimate of drug-likeness (QED) is 0.934. The molecule has 0 fully saturated rings.